The molecule has 1 nitrogen and oxygen atoms in total. The molecule has 0 bridgehead atoms. The van der Waals surface area contributed by atoms with Gasteiger partial charge in [0.15, 0.2) is 0 Å². The Morgan fingerprint density at radius 1 is 1.14 bits per heavy atom. The summed E-state index contributed by atoms with van der Waals surface area (Å²) in [6, 6.07) is 13.9. The third-order valence-corrected chi connectivity index (χ3v) is 4.64. The maximum Gasteiger partial charge on any atom is 0.123 e. The van der Waals surface area contributed by atoms with E-state index in [2.05, 4.69) is 43.4 Å². The predicted octanol–water partition coefficient (Wildman–Crippen LogP) is 5.36. The van der Waals surface area contributed by atoms with Crippen LogP contribution in [0.25, 0.3) is 0 Å². The number of benzene rings is 2. The van der Waals surface area contributed by atoms with Crippen LogP contribution in [0.2, 0.25) is 0 Å². The second kappa shape index (κ2) is 5.18. The Labute approximate surface area is 126 Å². The van der Waals surface area contributed by atoms with E-state index in [0.717, 1.165) is 24.1 Å². The second-order valence-electron chi connectivity index (χ2n) is 6.67. The largest absolute Gasteiger partial charge is 0.378 e. The van der Waals surface area contributed by atoms with Crippen LogP contribution >= 0.6 is 0 Å². The van der Waals surface area contributed by atoms with Gasteiger partial charge in [0.2, 0.25) is 0 Å². The van der Waals surface area contributed by atoms with E-state index in [9.17, 15) is 4.39 Å². The number of halogens is 1. The zero-order chi connectivity index (χ0) is 15.0. The van der Waals surface area contributed by atoms with Gasteiger partial charge in [0, 0.05) is 5.69 Å². The smallest absolute Gasteiger partial charge is 0.123 e. The number of aryl methyl sites for hydroxylation is 1. The molecule has 1 unspecified atom stereocenters. The van der Waals surface area contributed by atoms with Gasteiger partial charge in [0.25, 0.3) is 0 Å². The number of fused-ring (bicyclic) bond motifs is 1. The maximum atomic E-state index is 13.2. The fourth-order valence-corrected chi connectivity index (χ4v) is 3.34. The molecule has 2 aromatic carbocycles. The van der Waals surface area contributed by atoms with Crippen LogP contribution in [-0.4, -0.2) is 0 Å². The van der Waals surface area contributed by atoms with Crippen LogP contribution in [0.4, 0.5) is 10.1 Å². The third-order valence-electron chi connectivity index (χ3n) is 4.64. The minimum absolute atomic E-state index is 0.178. The summed E-state index contributed by atoms with van der Waals surface area (Å²) in [5.74, 6) is -0.178. The lowest BCUT2D eigenvalue weighted by atomic mass is 9.71. The quantitative estimate of drug-likeness (QED) is 0.782. The van der Waals surface area contributed by atoms with E-state index in [0.29, 0.717) is 6.04 Å². The Morgan fingerprint density at radius 3 is 2.67 bits per heavy atom. The summed E-state index contributed by atoms with van der Waals surface area (Å²) in [7, 11) is 0. The molecule has 0 saturated heterocycles. The van der Waals surface area contributed by atoms with Crippen molar-refractivity contribution < 1.29 is 4.39 Å². The van der Waals surface area contributed by atoms with Gasteiger partial charge in [-0.15, -0.1) is 0 Å². The van der Waals surface area contributed by atoms with E-state index in [1.165, 1.54) is 17.2 Å². The molecule has 1 atom stereocenters. The van der Waals surface area contributed by atoms with Crippen LogP contribution in [0.1, 0.15) is 49.4 Å². The number of nitrogens with one attached hydrogen (secondary N) is 1. The highest BCUT2D eigenvalue weighted by molar-refractivity contribution is 5.53. The molecule has 1 aliphatic carbocycles. The Balaban J connectivity index is 1.94. The van der Waals surface area contributed by atoms with Gasteiger partial charge in [-0.3, -0.25) is 0 Å². The number of hydrogen-bond donors (Lipinski definition) is 1. The van der Waals surface area contributed by atoms with Crippen LogP contribution in [0.3, 0.4) is 0 Å². The highest BCUT2D eigenvalue weighted by atomic mass is 19.1. The summed E-state index contributed by atoms with van der Waals surface area (Å²) in [5.41, 5.74) is 5.01. The first kappa shape index (κ1) is 14.1. The Bertz CT molecular complexity index is 660. The highest BCUT2D eigenvalue weighted by Crippen LogP contribution is 2.42. The van der Waals surface area contributed by atoms with Crippen molar-refractivity contribution in [3.8, 4) is 0 Å². The molecule has 0 spiro atoms. The van der Waals surface area contributed by atoms with E-state index < -0.39 is 0 Å². The van der Waals surface area contributed by atoms with Crippen molar-refractivity contribution in [1.82, 2.24) is 0 Å². The van der Waals surface area contributed by atoms with Crippen molar-refractivity contribution in [2.75, 3.05) is 5.32 Å². The molecule has 0 heterocycles. The Hall–Kier alpha value is -1.83. The number of anilines is 1. The molecule has 110 valence electrons. The number of hydrogen-bond acceptors (Lipinski definition) is 1. The summed E-state index contributed by atoms with van der Waals surface area (Å²) in [6.45, 7) is 6.57. The molecule has 1 aliphatic rings. The summed E-state index contributed by atoms with van der Waals surface area (Å²) >= 11 is 0. The summed E-state index contributed by atoms with van der Waals surface area (Å²) in [4.78, 5) is 0. The van der Waals surface area contributed by atoms with Gasteiger partial charge in [-0.2, -0.15) is 0 Å². The molecule has 1 N–H and O–H groups in total. The lowest BCUT2D eigenvalue weighted by Gasteiger charge is -2.38. The average molecular weight is 283 g/mol. The van der Waals surface area contributed by atoms with Crippen molar-refractivity contribution in [3.63, 3.8) is 0 Å². The van der Waals surface area contributed by atoms with Crippen LogP contribution in [0.15, 0.2) is 42.5 Å². The van der Waals surface area contributed by atoms with Gasteiger partial charge >= 0.3 is 0 Å². The first-order valence-electron chi connectivity index (χ1n) is 7.59. The van der Waals surface area contributed by atoms with Crippen LogP contribution in [0, 0.1) is 12.7 Å². The molecule has 0 saturated carbocycles. The maximum absolute atomic E-state index is 13.2. The summed E-state index contributed by atoms with van der Waals surface area (Å²) in [6.07, 6.45) is 2.25. The molecular weight excluding hydrogens is 261 g/mol. The lowest BCUT2D eigenvalue weighted by Crippen LogP contribution is -2.29. The van der Waals surface area contributed by atoms with Gasteiger partial charge in [0.1, 0.15) is 5.82 Å². The van der Waals surface area contributed by atoms with Crippen molar-refractivity contribution >= 4 is 5.69 Å². The van der Waals surface area contributed by atoms with Gasteiger partial charge in [0.05, 0.1) is 6.04 Å². The third kappa shape index (κ3) is 2.67. The molecule has 2 aromatic rings. The fourth-order valence-electron chi connectivity index (χ4n) is 3.34. The first-order chi connectivity index (χ1) is 9.97. The SMILES string of the molecule is Cc1cc(F)ccc1NC1CCC(C)(C)c2ccccc21. The summed E-state index contributed by atoms with van der Waals surface area (Å²) < 4.78 is 13.2. The molecular formula is C19H22FN. The van der Waals surface area contributed by atoms with Gasteiger partial charge < -0.3 is 5.32 Å². The van der Waals surface area contributed by atoms with Gasteiger partial charge in [-0.05, 0) is 60.1 Å². The van der Waals surface area contributed by atoms with Gasteiger partial charge in [-0.1, -0.05) is 38.1 Å². The highest BCUT2D eigenvalue weighted by Gasteiger charge is 2.32. The van der Waals surface area contributed by atoms with Crippen molar-refractivity contribution in [1.29, 1.82) is 0 Å². The van der Waals surface area contributed by atoms with Crippen LogP contribution < -0.4 is 5.32 Å². The molecule has 0 aromatic heterocycles. The standard InChI is InChI=1S/C19H22FN/c1-13-12-14(20)8-9-17(13)21-18-10-11-19(2,3)16-7-5-4-6-15(16)18/h4-9,12,18,21H,10-11H2,1-3H3. The Kier molecular flexibility index (Phi) is 3.48. The zero-order valence-corrected chi connectivity index (χ0v) is 12.9. The topological polar surface area (TPSA) is 12.0 Å². The monoisotopic (exact) mass is 283 g/mol. The normalized spacial score (nSPS) is 19.9. The van der Waals surface area contributed by atoms with E-state index >= 15 is 0 Å². The molecule has 0 fully saturated rings. The summed E-state index contributed by atoms with van der Waals surface area (Å²) in [5, 5.41) is 3.60. The van der Waals surface area contributed by atoms with E-state index in [1.807, 2.05) is 13.0 Å². The molecule has 21 heavy (non-hydrogen) atoms. The second-order valence-corrected chi connectivity index (χ2v) is 6.67. The fraction of sp³-hybridized carbons (Fsp3) is 0.368. The molecule has 0 amide bonds. The molecule has 0 radical (unpaired) electrons. The van der Waals surface area contributed by atoms with Crippen LogP contribution in [-0.2, 0) is 5.41 Å². The molecule has 0 aliphatic heterocycles. The number of rotatable bonds is 2. The van der Waals surface area contributed by atoms with Gasteiger partial charge in [-0.25, -0.2) is 4.39 Å². The lowest BCUT2D eigenvalue weighted by molar-refractivity contribution is 0.406. The molecule has 2 heteroatoms. The van der Waals surface area contributed by atoms with E-state index in [4.69, 9.17) is 0 Å². The molecule has 3 rings (SSSR count). The van der Waals surface area contributed by atoms with Crippen LogP contribution in [0.5, 0.6) is 0 Å². The predicted molar refractivity (Wildman–Crippen MR) is 86.2 cm³/mol. The van der Waals surface area contributed by atoms with E-state index in [-0.39, 0.29) is 11.2 Å². The van der Waals surface area contributed by atoms with Crippen molar-refractivity contribution in [2.45, 2.75) is 45.1 Å². The minimum atomic E-state index is -0.178. The Morgan fingerprint density at radius 2 is 1.90 bits per heavy atom. The van der Waals surface area contributed by atoms with Crippen molar-refractivity contribution in [3.05, 3.63) is 65.0 Å². The first-order valence-corrected chi connectivity index (χ1v) is 7.59. The zero-order valence-electron chi connectivity index (χ0n) is 12.9. The van der Waals surface area contributed by atoms with Crippen molar-refractivity contribution in [2.24, 2.45) is 0 Å². The minimum Gasteiger partial charge on any atom is -0.378 e. The van der Waals surface area contributed by atoms with E-state index in [1.54, 1.807) is 6.07 Å². The average Bonchev–Trinajstić information content (AvgIpc) is 2.45.